The van der Waals surface area contributed by atoms with E-state index in [1.54, 1.807) is 0 Å². The van der Waals surface area contributed by atoms with Crippen LogP contribution in [0.5, 0.6) is 0 Å². The average Bonchev–Trinajstić information content (AvgIpc) is 2.46. The first-order valence-electron chi connectivity index (χ1n) is 7.03. The molecule has 1 aliphatic rings. The van der Waals surface area contributed by atoms with E-state index < -0.39 is 8.80 Å². The van der Waals surface area contributed by atoms with Gasteiger partial charge in [-0.3, -0.25) is 0 Å². The Kier molecular flexibility index (Phi) is 4.80. The maximum atomic E-state index is 4.01. The second-order valence-electron chi connectivity index (χ2n) is 4.84. The van der Waals surface area contributed by atoms with E-state index in [9.17, 15) is 0 Å². The molecular formula is C17H22NSi. The summed E-state index contributed by atoms with van der Waals surface area (Å²) in [4.78, 5) is 0. The highest BCUT2D eigenvalue weighted by molar-refractivity contribution is 6.82. The molecule has 2 rings (SSSR count). The van der Waals surface area contributed by atoms with Gasteiger partial charge in [0, 0.05) is 11.4 Å². The minimum atomic E-state index is -0.699. The lowest BCUT2D eigenvalue weighted by atomic mass is 10.2. The number of benzene rings is 1. The van der Waals surface area contributed by atoms with Crippen LogP contribution in [0, 0.1) is 0 Å². The molecule has 1 nitrogen and oxygen atoms in total. The van der Waals surface area contributed by atoms with Crippen molar-refractivity contribution >= 4 is 19.7 Å². The number of nitrogens with one attached hydrogen (secondary N) is 1. The highest BCUT2D eigenvalue weighted by Crippen LogP contribution is 2.25. The van der Waals surface area contributed by atoms with Crippen LogP contribution in [-0.4, -0.2) is 8.80 Å². The number of hydrogen-bond acceptors (Lipinski definition) is 1. The summed E-state index contributed by atoms with van der Waals surface area (Å²) in [6.07, 6.45) is 7.85. The summed E-state index contributed by atoms with van der Waals surface area (Å²) in [5, 5.41) is 6.36. The molecule has 0 aromatic heterocycles. The predicted octanol–water partition coefficient (Wildman–Crippen LogP) is 4.17. The molecule has 1 aliphatic heterocycles. The number of para-hydroxylation sites is 1. The number of allylic oxidation sites excluding steroid dienone is 3. The van der Waals surface area contributed by atoms with Crippen molar-refractivity contribution in [2.24, 2.45) is 0 Å². The number of fused-ring (bicyclic) bond motifs is 1. The van der Waals surface area contributed by atoms with Crippen LogP contribution in [0.1, 0.15) is 26.2 Å². The maximum absolute atomic E-state index is 4.01. The summed E-state index contributed by atoms with van der Waals surface area (Å²) in [5.74, 6) is 0. The molecule has 0 bridgehead atoms. The van der Waals surface area contributed by atoms with Gasteiger partial charge in [0.2, 0.25) is 0 Å². The molecule has 1 N–H and O–H groups in total. The molecule has 0 unspecified atom stereocenters. The molecule has 0 atom stereocenters. The Bertz CT molecular complexity index is 502. The van der Waals surface area contributed by atoms with E-state index in [1.807, 2.05) is 12.2 Å². The lowest BCUT2D eigenvalue weighted by Crippen LogP contribution is -2.39. The Labute approximate surface area is 118 Å². The molecular weight excluding hydrogens is 246 g/mol. The maximum Gasteiger partial charge on any atom is 0.126 e. The van der Waals surface area contributed by atoms with Crippen LogP contribution in [0.4, 0.5) is 5.69 Å². The Balaban J connectivity index is 2.35. The van der Waals surface area contributed by atoms with Crippen LogP contribution in [0.2, 0.25) is 6.04 Å². The van der Waals surface area contributed by atoms with Gasteiger partial charge in [-0.2, -0.15) is 0 Å². The summed E-state index contributed by atoms with van der Waals surface area (Å²) in [7, 11) is -0.699. The zero-order chi connectivity index (χ0) is 13.7. The van der Waals surface area contributed by atoms with E-state index in [0.717, 1.165) is 5.70 Å². The van der Waals surface area contributed by atoms with Crippen LogP contribution < -0.4 is 10.5 Å². The molecule has 99 valence electrons. The molecule has 1 aromatic carbocycles. The third kappa shape index (κ3) is 2.90. The number of rotatable bonds is 6. The number of unbranched alkanes of at least 4 members (excludes halogenated alkanes) is 2. The Morgan fingerprint density at radius 2 is 1.95 bits per heavy atom. The molecule has 0 aliphatic carbocycles. The molecule has 0 amide bonds. The van der Waals surface area contributed by atoms with Gasteiger partial charge in [-0.05, 0) is 22.5 Å². The van der Waals surface area contributed by atoms with Gasteiger partial charge in [-0.1, -0.05) is 69.7 Å². The van der Waals surface area contributed by atoms with Crippen LogP contribution in [0.15, 0.2) is 60.5 Å². The monoisotopic (exact) mass is 268 g/mol. The van der Waals surface area contributed by atoms with Gasteiger partial charge < -0.3 is 5.32 Å². The Hall–Kier alpha value is -1.54. The molecule has 0 fully saturated rings. The average molecular weight is 268 g/mol. The SMILES string of the molecule is C=CC1=C(C=C)[Si](CCCCC)c2ccccc2N1. The standard InChI is InChI=1S/C17H22NSi/c1-4-7-10-13-19-16(6-3)14(5-2)18-15-11-8-9-12-17(15)19/h5-6,8-9,11-12,18H,2-4,7,10,13H2,1H3. The third-order valence-electron chi connectivity index (χ3n) is 3.58. The first-order chi connectivity index (χ1) is 9.31. The van der Waals surface area contributed by atoms with E-state index in [-0.39, 0.29) is 0 Å². The lowest BCUT2D eigenvalue weighted by Gasteiger charge is -2.28. The quantitative estimate of drug-likeness (QED) is 0.603. The highest BCUT2D eigenvalue weighted by atomic mass is 28.3. The third-order valence-corrected chi connectivity index (χ3v) is 6.64. The summed E-state index contributed by atoms with van der Waals surface area (Å²) < 4.78 is 0. The minimum Gasteiger partial charge on any atom is -0.356 e. The second kappa shape index (κ2) is 6.57. The number of hydrogen-bond donors (Lipinski definition) is 1. The van der Waals surface area contributed by atoms with Crippen molar-refractivity contribution in [3.63, 3.8) is 0 Å². The van der Waals surface area contributed by atoms with Gasteiger partial charge >= 0.3 is 0 Å². The Morgan fingerprint density at radius 3 is 2.63 bits per heavy atom. The van der Waals surface area contributed by atoms with Gasteiger partial charge in [0.1, 0.15) is 8.80 Å². The van der Waals surface area contributed by atoms with Crippen molar-refractivity contribution in [1.82, 2.24) is 0 Å². The van der Waals surface area contributed by atoms with E-state index in [4.69, 9.17) is 0 Å². The van der Waals surface area contributed by atoms with Gasteiger partial charge in [-0.25, -0.2) is 0 Å². The van der Waals surface area contributed by atoms with Gasteiger partial charge in [0.25, 0.3) is 0 Å². The van der Waals surface area contributed by atoms with Crippen molar-refractivity contribution in [2.45, 2.75) is 32.2 Å². The van der Waals surface area contributed by atoms with Crippen molar-refractivity contribution in [3.8, 4) is 0 Å². The fourth-order valence-corrected chi connectivity index (χ4v) is 5.53. The minimum absolute atomic E-state index is 0.699. The lowest BCUT2D eigenvalue weighted by molar-refractivity contribution is 0.767. The fraction of sp³-hybridized carbons (Fsp3) is 0.294. The van der Waals surface area contributed by atoms with E-state index >= 15 is 0 Å². The summed E-state index contributed by atoms with van der Waals surface area (Å²) in [5.41, 5.74) is 2.41. The van der Waals surface area contributed by atoms with Crippen LogP contribution in [0.25, 0.3) is 0 Å². The van der Waals surface area contributed by atoms with E-state index in [0.29, 0.717) is 0 Å². The van der Waals surface area contributed by atoms with Crippen LogP contribution in [0.3, 0.4) is 0 Å². The predicted molar refractivity (Wildman–Crippen MR) is 87.2 cm³/mol. The molecule has 0 saturated heterocycles. The Morgan fingerprint density at radius 1 is 1.16 bits per heavy atom. The first-order valence-corrected chi connectivity index (χ1v) is 8.74. The zero-order valence-electron chi connectivity index (χ0n) is 11.7. The van der Waals surface area contributed by atoms with E-state index in [2.05, 4.69) is 49.7 Å². The zero-order valence-corrected chi connectivity index (χ0v) is 12.7. The van der Waals surface area contributed by atoms with Crippen molar-refractivity contribution < 1.29 is 0 Å². The van der Waals surface area contributed by atoms with Gasteiger partial charge in [0.05, 0.1) is 0 Å². The van der Waals surface area contributed by atoms with Crippen LogP contribution in [-0.2, 0) is 0 Å². The summed E-state index contributed by atoms with van der Waals surface area (Å²) in [6, 6.07) is 9.96. The topological polar surface area (TPSA) is 12.0 Å². The molecule has 1 aromatic rings. The highest BCUT2D eigenvalue weighted by Gasteiger charge is 2.26. The largest absolute Gasteiger partial charge is 0.356 e. The molecule has 0 saturated carbocycles. The number of anilines is 1. The molecule has 0 spiro atoms. The van der Waals surface area contributed by atoms with Gasteiger partial charge in [-0.15, -0.1) is 0 Å². The summed E-state index contributed by atoms with van der Waals surface area (Å²) >= 11 is 0. The molecule has 1 heterocycles. The van der Waals surface area contributed by atoms with Crippen molar-refractivity contribution in [1.29, 1.82) is 0 Å². The van der Waals surface area contributed by atoms with E-state index in [1.165, 1.54) is 41.4 Å². The molecule has 19 heavy (non-hydrogen) atoms. The van der Waals surface area contributed by atoms with Crippen molar-refractivity contribution in [3.05, 3.63) is 60.5 Å². The second-order valence-corrected chi connectivity index (χ2v) is 7.38. The van der Waals surface area contributed by atoms with Crippen molar-refractivity contribution in [2.75, 3.05) is 5.32 Å². The van der Waals surface area contributed by atoms with Crippen LogP contribution >= 0.6 is 0 Å². The normalized spacial score (nSPS) is 14.8. The van der Waals surface area contributed by atoms with Gasteiger partial charge in [0.15, 0.2) is 0 Å². The molecule has 2 heteroatoms. The smallest absolute Gasteiger partial charge is 0.126 e. The summed E-state index contributed by atoms with van der Waals surface area (Å²) in [6.45, 7) is 10.2. The first kappa shape index (κ1) is 13.9. The molecule has 1 radical (unpaired) electrons. The fourth-order valence-electron chi connectivity index (χ4n) is 2.59.